The molecule has 28 heteroatoms. The molecule has 3 rings (SSSR count). The lowest BCUT2D eigenvalue weighted by atomic mass is 9.99. The molecule has 0 unspecified atom stereocenters. The Bertz CT molecular complexity index is 2840. The van der Waals surface area contributed by atoms with Gasteiger partial charge in [0.1, 0.15) is 54.4 Å². The molecule has 0 aliphatic carbocycles. The normalized spacial score (nSPS) is 14.4. The number of carbonyl (C=O) groups is 10. The molecule has 94 heavy (non-hydrogen) atoms. The van der Waals surface area contributed by atoms with E-state index in [1.165, 1.54) is 0 Å². The van der Waals surface area contributed by atoms with Gasteiger partial charge in [-0.1, -0.05) is 119 Å². The monoisotopic (exact) mass is 1330 g/mol. The number of carboxylic acid groups (broad SMARTS) is 1. The topological polar surface area (TPSA) is 465 Å². The van der Waals surface area contributed by atoms with Crippen molar-refractivity contribution in [3.05, 3.63) is 108 Å². The molecular formula is C66H104N16O11S. The first-order chi connectivity index (χ1) is 44.9. The molecule has 27 nitrogen and oxygen atoms in total. The van der Waals surface area contributed by atoms with Crippen molar-refractivity contribution in [1.29, 1.82) is 5.41 Å². The number of hydrogen-bond acceptors (Lipinski definition) is 16. The van der Waals surface area contributed by atoms with Crippen molar-refractivity contribution >= 4 is 77.7 Å². The predicted octanol–water partition coefficient (Wildman–Crippen LogP) is 0.162. The average molecular weight is 1330 g/mol. The summed E-state index contributed by atoms with van der Waals surface area (Å²) in [6.45, 7) is 8.22. The minimum absolute atomic E-state index is 0.0324. The highest BCUT2D eigenvalue weighted by Gasteiger charge is 2.36. The van der Waals surface area contributed by atoms with Gasteiger partial charge in [0.15, 0.2) is 5.96 Å². The third kappa shape index (κ3) is 31.2. The molecule has 0 saturated carbocycles. The number of carboxylic acids is 1. The summed E-state index contributed by atoms with van der Waals surface area (Å²) in [4.78, 5) is 141. The van der Waals surface area contributed by atoms with Crippen molar-refractivity contribution < 1.29 is 53.1 Å². The molecule has 3 aromatic carbocycles. The van der Waals surface area contributed by atoms with Crippen LogP contribution in [-0.4, -0.2) is 163 Å². The smallest absolute Gasteiger partial charge is 0.327 e. The third-order valence-electron chi connectivity index (χ3n) is 15.3. The maximum absolute atomic E-state index is 15.0. The second-order valence-electron chi connectivity index (χ2n) is 24.3. The molecule has 0 saturated heterocycles. The summed E-state index contributed by atoms with van der Waals surface area (Å²) in [7, 11) is 0. The van der Waals surface area contributed by atoms with E-state index in [-0.39, 0.29) is 107 Å². The molecule has 3 aromatic rings. The quantitative estimate of drug-likeness (QED) is 0.0155. The van der Waals surface area contributed by atoms with Gasteiger partial charge in [-0.3, -0.25) is 48.6 Å². The molecule has 0 spiro atoms. The van der Waals surface area contributed by atoms with Crippen molar-refractivity contribution in [3.63, 3.8) is 0 Å². The lowest BCUT2D eigenvalue weighted by Gasteiger charge is -2.29. The fourth-order valence-electron chi connectivity index (χ4n) is 10.2. The lowest BCUT2D eigenvalue weighted by Crippen LogP contribution is -2.61. The second-order valence-corrected chi connectivity index (χ2v) is 24.7. The van der Waals surface area contributed by atoms with Gasteiger partial charge in [0.2, 0.25) is 53.2 Å². The van der Waals surface area contributed by atoms with Gasteiger partial charge in [-0.25, -0.2) is 4.79 Å². The van der Waals surface area contributed by atoms with E-state index < -0.39 is 120 Å². The minimum Gasteiger partial charge on any atom is -0.480 e. The minimum atomic E-state index is -1.42. The average Bonchev–Trinajstić information content (AvgIpc) is 0.900. The summed E-state index contributed by atoms with van der Waals surface area (Å²) in [5.41, 5.74) is 31.5. The summed E-state index contributed by atoms with van der Waals surface area (Å²) in [6.07, 6.45) is 3.24. The van der Waals surface area contributed by atoms with Crippen LogP contribution < -0.4 is 81.8 Å². The lowest BCUT2D eigenvalue weighted by molar-refractivity contribution is -0.141. The number of rotatable bonds is 46. The number of guanidine groups is 1. The molecule has 0 aliphatic rings. The molecular weight excluding hydrogens is 1220 g/mol. The van der Waals surface area contributed by atoms with E-state index in [0.717, 1.165) is 5.56 Å². The Morgan fingerprint density at radius 2 is 0.681 bits per heavy atom. The highest BCUT2D eigenvalue weighted by atomic mass is 32.1. The summed E-state index contributed by atoms with van der Waals surface area (Å²) >= 11 is 4.04. The fourth-order valence-corrected chi connectivity index (χ4v) is 10.5. The molecule has 0 fully saturated rings. The Morgan fingerprint density at radius 3 is 0.989 bits per heavy atom. The van der Waals surface area contributed by atoms with Crippen molar-refractivity contribution in [1.82, 2.24) is 53.2 Å². The van der Waals surface area contributed by atoms with E-state index in [4.69, 9.17) is 34.1 Å². The third-order valence-corrected chi connectivity index (χ3v) is 15.7. The number of unbranched alkanes of at least 4 members (excludes halogenated alkanes) is 3. The van der Waals surface area contributed by atoms with Crippen molar-refractivity contribution in [3.8, 4) is 0 Å². The first kappa shape index (κ1) is 80.1. The number of nitrogens with one attached hydrogen (secondary N) is 11. The van der Waals surface area contributed by atoms with Gasteiger partial charge >= 0.3 is 5.97 Å². The highest BCUT2D eigenvalue weighted by molar-refractivity contribution is 7.80. The van der Waals surface area contributed by atoms with E-state index in [9.17, 15) is 48.3 Å². The maximum Gasteiger partial charge on any atom is 0.327 e. The zero-order valence-electron chi connectivity index (χ0n) is 54.8. The number of nitrogens with two attached hydrogens (primary N) is 5. The molecule has 10 atom stereocenters. The van der Waals surface area contributed by atoms with Crippen LogP contribution in [0, 0.1) is 17.2 Å². The molecule has 520 valence electrons. The Kier molecular flexibility index (Phi) is 37.8. The van der Waals surface area contributed by atoms with E-state index in [1.807, 2.05) is 58.0 Å². The van der Waals surface area contributed by atoms with Crippen LogP contribution in [0.4, 0.5) is 0 Å². The highest BCUT2D eigenvalue weighted by Crippen LogP contribution is 2.15. The van der Waals surface area contributed by atoms with Gasteiger partial charge in [0.25, 0.3) is 0 Å². The summed E-state index contributed by atoms with van der Waals surface area (Å²) in [6, 6.07) is 14.0. The Hall–Kier alpha value is -8.18. The fraction of sp³-hybridized carbons (Fsp3) is 0.561. The van der Waals surface area contributed by atoms with Crippen LogP contribution in [0.25, 0.3) is 0 Å². The van der Waals surface area contributed by atoms with Gasteiger partial charge < -0.3 is 86.9 Å². The van der Waals surface area contributed by atoms with Crippen LogP contribution in [0.15, 0.2) is 91.0 Å². The number of carbonyl (C=O) groups excluding carboxylic acids is 9. The Balaban J connectivity index is 2.04. The van der Waals surface area contributed by atoms with Crippen LogP contribution in [0.3, 0.4) is 0 Å². The van der Waals surface area contributed by atoms with Gasteiger partial charge in [-0.05, 0) is 138 Å². The molecule has 9 amide bonds. The van der Waals surface area contributed by atoms with Crippen LogP contribution in [0.1, 0.15) is 128 Å². The Labute approximate surface area is 558 Å². The summed E-state index contributed by atoms with van der Waals surface area (Å²) < 4.78 is 0. The standard InChI is InChI=1S/C66H104N16O11S/c1-41(2)35-51(61(88)79-52(36-42(3)4)62(89)82-55(40-94)65(92)93)78-59(86)48(28-15-18-32-68)76-58(85)50(30-20-34-73-66(71)72)77-63(90)53(38-44-23-10-6-11-24-44)81-64(91)54(39-45-25-12-7-13-26-45)80-60(87)49(29-16-19-33-69)75-57(84)47(27-14-17-31-67)74-56(83)46(70)37-43-21-8-5-9-22-43/h5-13,21-26,41-42,46-55,94H,14-20,27-40,67-70H2,1-4H3,(H,74,83)(H,75,84)(H,76,85)(H,77,90)(H,78,86)(H,79,88)(H,80,87)(H,81,91)(H,82,89)(H,92,93)(H4,71,72,73)/t46-,47-,48-,49-,50-,51-,52-,53-,54-,55-/m0/s1. The first-order valence-electron chi connectivity index (χ1n) is 32.5. The SMILES string of the molecule is CC(C)C[C@H](NC(=O)[C@H](CC(C)C)NC(=O)[C@H](CCCCN)NC(=O)[C@H](CCCNC(=N)N)NC(=O)[C@H](Cc1ccccc1)NC(=O)[C@H](Cc1ccccc1)NC(=O)[C@H](CCCCN)NC(=O)[C@H](CCCCN)NC(=O)[C@@H](N)Cc1ccccc1)C(=O)N[C@@H](CS)C(=O)O. The number of benzene rings is 3. The van der Waals surface area contributed by atoms with Crippen LogP contribution in [-0.2, 0) is 67.2 Å². The molecule has 22 N–H and O–H groups in total. The molecule has 0 radical (unpaired) electrons. The second kappa shape index (κ2) is 44.4. The number of hydrogen-bond donors (Lipinski definition) is 18. The first-order valence-corrected chi connectivity index (χ1v) is 33.1. The summed E-state index contributed by atoms with van der Waals surface area (Å²) in [5.74, 6) is -8.89. The summed E-state index contributed by atoms with van der Waals surface area (Å²) in [5, 5.41) is 44.7. The maximum atomic E-state index is 15.0. The van der Waals surface area contributed by atoms with Crippen LogP contribution in [0.2, 0.25) is 0 Å². The van der Waals surface area contributed by atoms with Crippen LogP contribution >= 0.6 is 12.6 Å². The van der Waals surface area contributed by atoms with Crippen molar-refractivity contribution in [2.24, 2.45) is 40.5 Å². The van der Waals surface area contributed by atoms with Gasteiger partial charge in [0, 0.05) is 25.1 Å². The van der Waals surface area contributed by atoms with Crippen molar-refractivity contribution in [2.75, 3.05) is 31.9 Å². The zero-order valence-corrected chi connectivity index (χ0v) is 55.7. The molecule has 0 aliphatic heterocycles. The van der Waals surface area contributed by atoms with E-state index in [2.05, 4.69) is 65.8 Å². The van der Waals surface area contributed by atoms with Crippen molar-refractivity contribution in [2.45, 2.75) is 191 Å². The molecule has 0 heterocycles. The largest absolute Gasteiger partial charge is 0.480 e. The van der Waals surface area contributed by atoms with Crippen LogP contribution in [0.5, 0.6) is 0 Å². The van der Waals surface area contributed by atoms with E-state index >= 15 is 4.79 Å². The Morgan fingerprint density at radius 1 is 0.404 bits per heavy atom. The van der Waals surface area contributed by atoms with E-state index in [0.29, 0.717) is 56.2 Å². The number of amides is 9. The number of aliphatic carboxylic acids is 1. The van der Waals surface area contributed by atoms with Gasteiger partial charge in [-0.15, -0.1) is 0 Å². The predicted molar refractivity (Wildman–Crippen MR) is 364 cm³/mol. The molecule has 0 bridgehead atoms. The number of thiol groups is 1. The molecule has 0 aromatic heterocycles. The zero-order chi connectivity index (χ0) is 69.5. The van der Waals surface area contributed by atoms with E-state index in [1.54, 1.807) is 60.7 Å². The van der Waals surface area contributed by atoms with Gasteiger partial charge in [0.05, 0.1) is 6.04 Å². The van der Waals surface area contributed by atoms with Gasteiger partial charge in [-0.2, -0.15) is 12.6 Å².